The number of likely N-dealkylation sites (N-methyl/N-ethyl adjacent to an activating group) is 1. The molecule has 118 valence electrons. The monoisotopic (exact) mass is 295 g/mol. The van der Waals surface area contributed by atoms with E-state index in [1.165, 1.54) is 16.2 Å². The lowest BCUT2D eigenvalue weighted by Gasteiger charge is -2.35. The normalized spacial score (nSPS) is 26.7. The fourth-order valence-electron chi connectivity index (χ4n) is 3.30. The Bertz CT molecular complexity index is 428. The second-order valence-electron chi connectivity index (χ2n) is 6.53. The summed E-state index contributed by atoms with van der Waals surface area (Å²) < 4.78 is 0. The van der Waals surface area contributed by atoms with E-state index in [0.29, 0.717) is 31.2 Å². The fourth-order valence-corrected chi connectivity index (χ4v) is 3.30. The Morgan fingerprint density at radius 3 is 2.33 bits per heavy atom. The largest absolute Gasteiger partial charge is 0.342 e. The number of rotatable bonds is 4. The number of imide groups is 1. The number of amides is 4. The third kappa shape index (κ3) is 3.74. The molecule has 0 aromatic heterocycles. The Balaban J connectivity index is 1.77. The first-order valence-corrected chi connectivity index (χ1v) is 7.71. The van der Waals surface area contributed by atoms with Gasteiger partial charge in [-0.3, -0.25) is 14.5 Å². The number of urea groups is 1. The fraction of sp³-hybridized carbons (Fsp3) is 0.800. The maximum absolute atomic E-state index is 12.2. The molecule has 0 aliphatic carbocycles. The number of piperidine rings is 1. The Morgan fingerprint density at radius 2 is 1.81 bits per heavy atom. The van der Waals surface area contributed by atoms with Gasteiger partial charge >= 0.3 is 6.03 Å². The van der Waals surface area contributed by atoms with Crippen molar-refractivity contribution in [1.29, 1.82) is 0 Å². The highest BCUT2D eigenvalue weighted by Gasteiger charge is 2.33. The predicted molar refractivity (Wildman–Crippen MR) is 78.5 cm³/mol. The molecule has 2 aliphatic rings. The SMILES string of the molecule is CC1CC(C)CN(C(=O)CCCN2C(=O)CN(C)C2=O)C1. The zero-order valence-corrected chi connectivity index (χ0v) is 13.2. The van der Waals surface area contributed by atoms with Crippen molar-refractivity contribution in [2.45, 2.75) is 33.1 Å². The van der Waals surface area contributed by atoms with Gasteiger partial charge in [0.15, 0.2) is 0 Å². The summed E-state index contributed by atoms with van der Waals surface area (Å²) in [7, 11) is 1.61. The molecule has 2 saturated heterocycles. The first kappa shape index (κ1) is 15.8. The molecule has 0 bridgehead atoms. The van der Waals surface area contributed by atoms with Crippen molar-refractivity contribution in [2.75, 3.05) is 33.2 Å². The Labute approximate surface area is 126 Å². The van der Waals surface area contributed by atoms with Crippen molar-refractivity contribution in [2.24, 2.45) is 11.8 Å². The molecule has 2 heterocycles. The van der Waals surface area contributed by atoms with Crippen LogP contribution >= 0.6 is 0 Å². The first-order chi connectivity index (χ1) is 9.88. The van der Waals surface area contributed by atoms with Crippen LogP contribution in [-0.2, 0) is 9.59 Å². The van der Waals surface area contributed by atoms with Crippen LogP contribution in [0.1, 0.15) is 33.1 Å². The van der Waals surface area contributed by atoms with Gasteiger partial charge in [0, 0.05) is 33.1 Å². The van der Waals surface area contributed by atoms with Crippen molar-refractivity contribution in [1.82, 2.24) is 14.7 Å². The van der Waals surface area contributed by atoms with E-state index in [9.17, 15) is 14.4 Å². The van der Waals surface area contributed by atoms with Crippen LogP contribution < -0.4 is 0 Å². The molecular weight excluding hydrogens is 270 g/mol. The van der Waals surface area contributed by atoms with E-state index in [0.717, 1.165) is 13.1 Å². The average molecular weight is 295 g/mol. The van der Waals surface area contributed by atoms with E-state index in [1.807, 2.05) is 4.90 Å². The average Bonchev–Trinajstić information content (AvgIpc) is 2.63. The third-order valence-electron chi connectivity index (χ3n) is 4.22. The van der Waals surface area contributed by atoms with Crippen LogP contribution in [0.15, 0.2) is 0 Å². The molecule has 2 aliphatic heterocycles. The first-order valence-electron chi connectivity index (χ1n) is 7.71. The second kappa shape index (κ2) is 6.45. The molecule has 0 saturated carbocycles. The van der Waals surface area contributed by atoms with Crippen molar-refractivity contribution < 1.29 is 14.4 Å². The highest BCUT2D eigenvalue weighted by molar-refractivity contribution is 6.01. The molecule has 0 aromatic rings. The van der Waals surface area contributed by atoms with Gasteiger partial charge in [-0.15, -0.1) is 0 Å². The van der Waals surface area contributed by atoms with E-state index >= 15 is 0 Å². The van der Waals surface area contributed by atoms with E-state index in [2.05, 4.69) is 13.8 Å². The van der Waals surface area contributed by atoms with E-state index in [1.54, 1.807) is 7.05 Å². The molecule has 2 unspecified atom stereocenters. The standard InChI is InChI=1S/C15H25N3O3/c1-11-7-12(2)9-17(8-11)13(19)5-4-6-18-14(20)10-16(3)15(18)21/h11-12H,4-10H2,1-3H3. The summed E-state index contributed by atoms with van der Waals surface area (Å²) in [6, 6.07) is -0.257. The number of nitrogens with zero attached hydrogens (tertiary/aromatic N) is 3. The molecule has 0 aromatic carbocycles. The van der Waals surface area contributed by atoms with Crippen LogP contribution in [0.4, 0.5) is 4.79 Å². The zero-order chi connectivity index (χ0) is 15.6. The van der Waals surface area contributed by atoms with Crippen LogP contribution in [0.25, 0.3) is 0 Å². The molecule has 6 nitrogen and oxygen atoms in total. The van der Waals surface area contributed by atoms with Gasteiger partial charge in [-0.2, -0.15) is 0 Å². The van der Waals surface area contributed by atoms with Crippen molar-refractivity contribution in [3.8, 4) is 0 Å². The van der Waals surface area contributed by atoms with Crippen LogP contribution in [0.2, 0.25) is 0 Å². The molecule has 4 amide bonds. The summed E-state index contributed by atoms with van der Waals surface area (Å²) in [6.07, 6.45) is 2.12. The smallest absolute Gasteiger partial charge is 0.326 e. The highest BCUT2D eigenvalue weighted by Crippen LogP contribution is 2.21. The van der Waals surface area contributed by atoms with Crippen LogP contribution in [0.3, 0.4) is 0 Å². The maximum Gasteiger partial charge on any atom is 0.326 e. The minimum atomic E-state index is -0.257. The van der Waals surface area contributed by atoms with Gasteiger partial charge in [0.1, 0.15) is 6.54 Å². The molecule has 21 heavy (non-hydrogen) atoms. The molecule has 6 heteroatoms. The van der Waals surface area contributed by atoms with Crippen molar-refractivity contribution in [3.05, 3.63) is 0 Å². The summed E-state index contributed by atoms with van der Waals surface area (Å²) in [5.41, 5.74) is 0. The van der Waals surface area contributed by atoms with Gasteiger partial charge in [-0.25, -0.2) is 4.79 Å². The lowest BCUT2D eigenvalue weighted by atomic mass is 9.91. The molecule has 2 atom stereocenters. The summed E-state index contributed by atoms with van der Waals surface area (Å²) >= 11 is 0. The summed E-state index contributed by atoms with van der Waals surface area (Å²) in [5, 5.41) is 0. The quantitative estimate of drug-likeness (QED) is 0.731. The molecule has 0 spiro atoms. The Hall–Kier alpha value is -1.59. The number of carbonyl (C=O) groups is 3. The lowest BCUT2D eigenvalue weighted by molar-refractivity contribution is -0.134. The number of likely N-dealkylation sites (tertiary alicyclic amines) is 1. The molecule has 0 N–H and O–H groups in total. The topological polar surface area (TPSA) is 60.9 Å². The minimum absolute atomic E-state index is 0.140. The van der Waals surface area contributed by atoms with Gasteiger partial charge < -0.3 is 9.80 Å². The maximum atomic E-state index is 12.2. The lowest BCUT2D eigenvalue weighted by Crippen LogP contribution is -2.42. The minimum Gasteiger partial charge on any atom is -0.342 e. The summed E-state index contributed by atoms with van der Waals surface area (Å²) in [6.45, 7) is 6.49. The van der Waals surface area contributed by atoms with Crippen LogP contribution in [-0.4, -0.2) is 65.8 Å². The second-order valence-corrected chi connectivity index (χ2v) is 6.53. The van der Waals surface area contributed by atoms with Gasteiger partial charge in [-0.1, -0.05) is 13.8 Å². The predicted octanol–water partition coefficient (Wildman–Crippen LogP) is 1.17. The van der Waals surface area contributed by atoms with Crippen molar-refractivity contribution in [3.63, 3.8) is 0 Å². The van der Waals surface area contributed by atoms with Gasteiger partial charge in [0.25, 0.3) is 0 Å². The third-order valence-corrected chi connectivity index (χ3v) is 4.22. The van der Waals surface area contributed by atoms with E-state index in [-0.39, 0.29) is 24.4 Å². The summed E-state index contributed by atoms with van der Waals surface area (Å²) in [5.74, 6) is 1.07. The van der Waals surface area contributed by atoms with E-state index < -0.39 is 0 Å². The molecule has 0 radical (unpaired) electrons. The molecular formula is C15H25N3O3. The molecule has 2 rings (SSSR count). The highest BCUT2D eigenvalue weighted by atomic mass is 16.2. The number of carbonyl (C=O) groups excluding carboxylic acids is 3. The van der Waals surface area contributed by atoms with Gasteiger partial charge in [-0.05, 0) is 24.7 Å². The van der Waals surface area contributed by atoms with Gasteiger partial charge in [0.05, 0.1) is 0 Å². The Kier molecular flexibility index (Phi) is 4.85. The van der Waals surface area contributed by atoms with Crippen LogP contribution in [0.5, 0.6) is 0 Å². The number of hydrogen-bond acceptors (Lipinski definition) is 3. The molecule has 2 fully saturated rings. The zero-order valence-electron chi connectivity index (χ0n) is 13.2. The van der Waals surface area contributed by atoms with Crippen LogP contribution in [0, 0.1) is 11.8 Å². The number of hydrogen-bond donors (Lipinski definition) is 0. The summed E-state index contributed by atoms with van der Waals surface area (Å²) in [4.78, 5) is 40.1. The van der Waals surface area contributed by atoms with E-state index in [4.69, 9.17) is 0 Å². The Morgan fingerprint density at radius 1 is 1.19 bits per heavy atom. The van der Waals surface area contributed by atoms with Crippen molar-refractivity contribution >= 4 is 17.8 Å². The van der Waals surface area contributed by atoms with Gasteiger partial charge in [0.2, 0.25) is 11.8 Å².